The Labute approximate surface area is 107 Å². The predicted molar refractivity (Wildman–Crippen MR) is 68.3 cm³/mol. The molecule has 0 bridgehead atoms. The lowest BCUT2D eigenvalue weighted by Gasteiger charge is -2.45. The zero-order valence-corrected chi connectivity index (χ0v) is 10.6. The maximum Gasteiger partial charge on any atom is 0.257 e. The largest absolute Gasteiger partial charge is 0.338 e. The van der Waals surface area contributed by atoms with Gasteiger partial charge in [0.2, 0.25) is 0 Å². The van der Waals surface area contributed by atoms with Crippen LogP contribution in [0.5, 0.6) is 0 Å². The van der Waals surface area contributed by atoms with E-state index in [0.29, 0.717) is 11.0 Å². The van der Waals surface area contributed by atoms with E-state index in [-0.39, 0.29) is 5.91 Å². The molecule has 5 heteroatoms. The summed E-state index contributed by atoms with van der Waals surface area (Å²) in [6.45, 7) is 3.95. The highest BCUT2D eigenvalue weighted by molar-refractivity contribution is 5.93. The molecule has 2 saturated heterocycles. The minimum atomic E-state index is 0.119. The molecule has 2 aliphatic rings. The van der Waals surface area contributed by atoms with E-state index >= 15 is 0 Å². The number of carbonyl (C=O) groups excluding carboxylic acids is 1. The Morgan fingerprint density at radius 2 is 2.28 bits per heavy atom. The molecule has 5 nitrogen and oxygen atoms in total. The van der Waals surface area contributed by atoms with E-state index < -0.39 is 0 Å². The SMILES string of the molecule is O=C(c1cn[nH]c1)N1CCCC2(CCCNC2)C1. The van der Waals surface area contributed by atoms with Crippen LogP contribution >= 0.6 is 0 Å². The maximum absolute atomic E-state index is 12.3. The first-order valence-corrected chi connectivity index (χ1v) is 6.78. The molecule has 1 aromatic heterocycles. The highest BCUT2D eigenvalue weighted by Crippen LogP contribution is 2.36. The number of amides is 1. The fraction of sp³-hybridized carbons (Fsp3) is 0.692. The number of aromatic amines is 1. The summed E-state index contributed by atoms with van der Waals surface area (Å²) in [6.07, 6.45) is 8.13. The van der Waals surface area contributed by atoms with Gasteiger partial charge in [-0.2, -0.15) is 5.10 Å². The molecule has 3 rings (SSSR count). The third-order valence-electron chi connectivity index (χ3n) is 4.25. The van der Waals surface area contributed by atoms with Gasteiger partial charge in [0.15, 0.2) is 0 Å². The van der Waals surface area contributed by atoms with Crippen molar-refractivity contribution >= 4 is 5.91 Å². The monoisotopic (exact) mass is 248 g/mol. The van der Waals surface area contributed by atoms with Crippen LogP contribution in [0.1, 0.15) is 36.0 Å². The Kier molecular flexibility index (Phi) is 3.07. The van der Waals surface area contributed by atoms with Crippen molar-refractivity contribution in [3.8, 4) is 0 Å². The van der Waals surface area contributed by atoms with Crippen molar-refractivity contribution in [1.82, 2.24) is 20.4 Å². The number of hydrogen-bond donors (Lipinski definition) is 2. The second-order valence-corrected chi connectivity index (χ2v) is 5.60. The standard InChI is InChI=1S/C13H20N4O/c18-12(11-7-15-16-8-11)17-6-2-4-13(10-17)3-1-5-14-9-13/h7-8,14H,1-6,9-10H2,(H,15,16). The summed E-state index contributed by atoms with van der Waals surface area (Å²) in [4.78, 5) is 14.3. The molecule has 0 aromatic carbocycles. The molecule has 0 saturated carbocycles. The summed E-state index contributed by atoms with van der Waals surface area (Å²) in [5.74, 6) is 0.119. The molecule has 2 fully saturated rings. The van der Waals surface area contributed by atoms with Gasteiger partial charge >= 0.3 is 0 Å². The molecule has 18 heavy (non-hydrogen) atoms. The van der Waals surface area contributed by atoms with Gasteiger partial charge in [-0.05, 0) is 32.2 Å². The number of likely N-dealkylation sites (tertiary alicyclic amines) is 1. The van der Waals surface area contributed by atoms with Crippen LogP contribution in [0.2, 0.25) is 0 Å². The summed E-state index contributed by atoms with van der Waals surface area (Å²) in [6, 6.07) is 0. The first-order chi connectivity index (χ1) is 8.79. The maximum atomic E-state index is 12.3. The quantitative estimate of drug-likeness (QED) is 0.780. The molecule has 98 valence electrons. The van der Waals surface area contributed by atoms with Crippen molar-refractivity contribution in [2.45, 2.75) is 25.7 Å². The minimum absolute atomic E-state index is 0.119. The Balaban J connectivity index is 1.72. The highest BCUT2D eigenvalue weighted by atomic mass is 16.2. The van der Waals surface area contributed by atoms with E-state index in [1.54, 1.807) is 12.4 Å². The molecule has 1 atom stereocenters. The summed E-state index contributed by atoms with van der Waals surface area (Å²) >= 11 is 0. The van der Waals surface area contributed by atoms with Crippen LogP contribution < -0.4 is 5.32 Å². The predicted octanol–water partition coefficient (Wildman–Crippen LogP) is 1.02. The lowest BCUT2D eigenvalue weighted by atomic mass is 9.74. The molecule has 2 aliphatic heterocycles. The Bertz CT molecular complexity index is 403. The second kappa shape index (κ2) is 4.72. The summed E-state index contributed by atoms with van der Waals surface area (Å²) < 4.78 is 0. The van der Waals surface area contributed by atoms with Gasteiger partial charge in [-0.1, -0.05) is 0 Å². The molecule has 3 heterocycles. The lowest BCUT2D eigenvalue weighted by molar-refractivity contribution is 0.0434. The molecule has 0 radical (unpaired) electrons. The van der Waals surface area contributed by atoms with Crippen molar-refractivity contribution in [2.24, 2.45) is 5.41 Å². The molecule has 2 N–H and O–H groups in total. The van der Waals surface area contributed by atoms with Gasteiger partial charge in [0, 0.05) is 31.2 Å². The number of nitrogens with one attached hydrogen (secondary N) is 2. The molecule has 1 aromatic rings. The van der Waals surface area contributed by atoms with E-state index in [4.69, 9.17) is 0 Å². The van der Waals surface area contributed by atoms with Crippen molar-refractivity contribution in [1.29, 1.82) is 0 Å². The number of H-pyrrole nitrogens is 1. The van der Waals surface area contributed by atoms with E-state index in [2.05, 4.69) is 15.5 Å². The lowest BCUT2D eigenvalue weighted by Crippen LogP contribution is -2.52. The van der Waals surface area contributed by atoms with Crippen LogP contribution in [0.4, 0.5) is 0 Å². The van der Waals surface area contributed by atoms with Crippen LogP contribution in [-0.2, 0) is 0 Å². The van der Waals surface area contributed by atoms with Crippen LogP contribution in [-0.4, -0.2) is 47.2 Å². The topological polar surface area (TPSA) is 61.0 Å². The van der Waals surface area contributed by atoms with Crippen LogP contribution in [0.15, 0.2) is 12.4 Å². The molecule has 1 unspecified atom stereocenters. The van der Waals surface area contributed by atoms with E-state index in [1.807, 2.05) is 4.90 Å². The Morgan fingerprint density at radius 1 is 1.39 bits per heavy atom. The normalized spacial score (nSPS) is 28.6. The molecule has 1 spiro atoms. The van der Waals surface area contributed by atoms with Crippen LogP contribution in [0.25, 0.3) is 0 Å². The average molecular weight is 248 g/mol. The molecular formula is C13H20N4O. The zero-order chi connectivity index (χ0) is 12.4. The molecular weight excluding hydrogens is 228 g/mol. The van der Waals surface area contributed by atoms with Crippen LogP contribution in [0, 0.1) is 5.41 Å². The molecule has 1 amide bonds. The first-order valence-electron chi connectivity index (χ1n) is 6.78. The van der Waals surface area contributed by atoms with Gasteiger partial charge < -0.3 is 10.2 Å². The molecule has 0 aliphatic carbocycles. The number of piperidine rings is 2. The van der Waals surface area contributed by atoms with E-state index in [1.165, 1.54) is 19.3 Å². The van der Waals surface area contributed by atoms with Gasteiger partial charge in [-0.15, -0.1) is 0 Å². The Hall–Kier alpha value is -1.36. The number of carbonyl (C=O) groups is 1. The van der Waals surface area contributed by atoms with E-state index in [0.717, 1.165) is 32.6 Å². The number of nitrogens with zero attached hydrogens (tertiary/aromatic N) is 2. The van der Waals surface area contributed by atoms with Gasteiger partial charge in [-0.25, -0.2) is 0 Å². The van der Waals surface area contributed by atoms with E-state index in [9.17, 15) is 4.79 Å². The van der Waals surface area contributed by atoms with Gasteiger partial charge in [0.25, 0.3) is 5.91 Å². The van der Waals surface area contributed by atoms with Crippen molar-refractivity contribution < 1.29 is 4.79 Å². The third kappa shape index (κ3) is 2.14. The van der Waals surface area contributed by atoms with Crippen molar-refractivity contribution in [3.05, 3.63) is 18.0 Å². The number of hydrogen-bond acceptors (Lipinski definition) is 3. The third-order valence-corrected chi connectivity index (χ3v) is 4.25. The smallest absolute Gasteiger partial charge is 0.257 e. The minimum Gasteiger partial charge on any atom is -0.338 e. The van der Waals surface area contributed by atoms with Crippen molar-refractivity contribution in [2.75, 3.05) is 26.2 Å². The number of rotatable bonds is 1. The highest BCUT2D eigenvalue weighted by Gasteiger charge is 2.38. The second-order valence-electron chi connectivity index (χ2n) is 5.60. The van der Waals surface area contributed by atoms with Crippen molar-refractivity contribution in [3.63, 3.8) is 0 Å². The van der Waals surface area contributed by atoms with Gasteiger partial charge in [0.05, 0.1) is 11.8 Å². The zero-order valence-electron chi connectivity index (χ0n) is 10.6. The van der Waals surface area contributed by atoms with Crippen LogP contribution in [0.3, 0.4) is 0 Å². The Morgan fingerprint density at radius 3 is 3.00 bits per heavy atom. The summed E-state index contributed by atoms with van der Waals surface area (Å²) in [7, 11) is 0. The average Bonchev–Trinajstić information content (AvgIpc) is 2.93. The first kappa shape index (κ1) is 11.7. The fourth-order valence-corrected chi connectivity index (χ4v) is 3.31. The summed E-state index contributed by atoms with van der Waals surface area (Å²) in [5, 5.41) is 10.1. The fourth-order valence-electron chi connectivity index (χ4n) is 3.31. The van der Waals surface area contributed by atoms with Gasteiger partial charge in [0.1, 0.15) is 0 Å². The summed E-state index contributed by atoms with van der Waals surface area (Å²) in [5.41, 5.74) is 0.992. The van der Waals surface area contributed by atoms with Gasteiger partial charge in [-0.3, -0.25) is 9.89 Å². The number of aromatic nitrogens is 2.